The van der Waals surface area contributed by atoms with Crippen LogP contribution in [-0.4, -0.2) is 13.1 Å². The molecular formula is C10H9BrClFO2. The topological polar surface area (TPSA) is 26.3 Å². The molecule has 1 aromatic carbocycles. The number of ether oxygens (including phenoxy) is 1. The Kier molecular flexibility index (Phi) is 4.54. The molecule has 0 atom stereocenters. The molecule has 0 aliphatic rings. The van der Waals surface area contributed by atoms with Crippen LogP contribution < -0.4 is 0 Å². The van der Waals surface area contributed by atoms with Gasteiger partial charge in [0.2, 0.25) is 0 Å². The molecular weight excluding hydrogens is 286 g/mol. The first-order valence-corrected chi connectivity index (χ1v) is 5.50. The lowest BCUT2D eigenvalue weighted by Crippen LogP contribution is -2.06. The summed E-state index contributed by atoms with van der Waals surface area (Å²) in [5, 5.41) is 0. The van der Waals surface area contributed by atoms with Gasteiger partial charge in [0, 0.05) is 5.88 Å². The van der Waals surface area contributed by atoms with E-state index < -0.39 is 11.8 Å². The molecule has 0 fully saturated rings. The molecule has 0 aliphatic carbocycles. The van der Waals surface area contributed by atoms with Crippen LogP contribution in [-0.2, 0) is 21.8 Å². The highest BCUT2D eigenvalue weighted by Gasteiger charge is 2.12. The Labute approximate surface area is 101 Å². The average molecular weight is 296 g/mol. The van der Waals surface area contributed by atoms with Gasteiger partial charge < -0.3 is 4.74 Å². The Morgan fingerprint density at radius 1 is 1.60 bits per heavy atom. The first-order valence-electron chi connectivity index (χ1n) is 4.18. The van der Waals surface area contributed by atoms with Gasteiger partial charge in [0.25, 0.3) is 0 Å². The molecule has 0 aromatic heterocycles. The predicted molar refractivity (Wildman–Crippen MR) is 59.4 cm³/mol. The number of esters is 1. The molecule has 15 heavy (non-hydrogen) atoms. The van der Waals surface area contributed by atoms with Gasteiger partial charge in [-0.25, -0.2) is 4.39 Å². The summed E-state index contributed by atoms with van der Waals surface area (Å²) in [7, 11) is 1.29. The van der Waals surface area contributed by atoms with Crippen LogP contribution in [0.2, 0.25) is 0 Å². The number of hydrogen-bond donors (Lipinski definition) is 0. The number of carbonyl (C=O) groups excluding carboxylic acids is 1. The number of hydrogen-bond acceptors (Lipinski definition) is 2. The zero-order valence-electron chi connectivity index (χ0n) is 8.02. The van der Waals surface area contributed by atoms with Crippen molar-refractivity contribution in [2.45, 2.75) is 12.3 Å². The Morgan fingerprint density at radius 3 is 2.80 bits per heavy atom. The van der Waals surface area contributed by atoms with Gasteiger partial charge in [-0.2, -0.15) is 0 Å². The standard InChI is InChI=1S/C10H9BrClFO2/c1-15-9(14)4-7-2-6(5-12)3-8(13)10(7)11/h2-3H,4-5H2,1H3. The zero-order valence-corrected chi connectivity index (χ0v) is 10.4. The fraction of sp³-hybridized carbons (Fsp3) is 0.300. The highest BCUT2D eigenvalue weighted by molar-refractivity contribution is 9.10. The molecule has 0 spiro atoms. The summed E-state index contributed by atoms with van der Waals surface area (Å²) in [5.41, 5.74) is 1.17. The van der Waals surface area contributed by atoms with Crippen molar-refractivity contribution in [1.82, 2.24) is 0 Å². The van der Waals surface area contributed by atoms with E-state index >= 15 is 0 Å². The van der Waals surface area contributed by atoms with Gasteiger partial charge in [-0.1, -0.05) is 6.07 Å². The smallest absolute Gasteiger partial charge is 0.310 e. The van der Waals surface area contributed by atoms with E-state index in [0.717, 1.165) is 0 Å². The van der Waals surface area contributed by atoms with E-state index in [0.29, 0.717) is 11.1 Å². The third kappa shape index (κ3) is 3.18. The molecule has 0 amide bonds. The molecule has 0 unspecified atom stereocenters. The van der Waals surface area contributed by atoms with Gasteiger partial charge >= 0.3 is 5.97 Å². The van der Waals surface area contributed by atoms with Crippen LogP contribution in [0.5, 0.6) is 0 Å². The number of benzene rings is 1. The second kappa shape index (κ2) is 5.47. The molecule has 0 radical (unpaired) electrons. The molecule has 2 nitrogen and oxygen atoms in total. The number of alkyl halides is 1. The minimum absolute atomic E-state index is 0.0265. The predicted octanol–water partition coefficient (Wildman–Crippen LogP) is 3.04. The number of rotatable bonds is 3. The maximum absolute atomic E-state index is 13.3. The Balaban J connectivity index is 3.05. The summed E-state index contributed by atoms with van der Waals surface area (Å²) < 4.78 is 18.1. The highest BCUT2D eigenvalue weighted by Crippen LogP contribution is 2.24. The quantitative estimate of drug-likeness (QED) is 0.633. The Hall–Kier alpha value is -0.610. The van der Waals surface area contributed by atoms with Gasteiger partial charge in [0.15, 0.2) is 0 Å². The molecule has 1 aromatic rings. The van der Waals surface area contributed by atoms with E-state index in [1.807, 2.05) is 0 Å². The maximum atomic E-state index is 13.3. The van der Waals surface area contributed by atoms with Crippen molar-refractivity contribution in [3.8, 4) is 0 Å². The third-order valence-corrected chi connectivity index (χ3v) is 3.08. The molecule has 0 N–H and O–H groups in total. The van der Waals surface area contributed by atoms with Crippen LogP contribution in [0.3, 0.4) is 0 Å². The normalized spacial score (nSPS) is 10.1. The monoisotopic (exact) mass is 294 g/mol. The van der Waals surface area contributed by atoms with Crippen molar-refractivity contribution < 1.29 is 13.9 Å². The van der Waals surface area contributed by atoms with Crippen molar-refractivity contribution in [2.24, 2.45) is 0 Å². The van der Waals surface area contributed by atoms with Crippen LogP contribution >= 0.6 is 27.5 Å². The van der Waals surface area contributed by atoms with E-state index in [4.69, 9.17) is 11.6 Å². The molecule has 0 bridgehead atoms. The van der Waals surface area contributed by atoms with Gasteiger partial charge in [0.05, 0.1) is 18.0 Å². The zero-order chi connectivity index (χ0) is 11.4. The molecule has 0 aliphatic heterocycles. The summed E-state index contributed by atoms with van der Waals surface area (Å²) in [6.45, 7) is 0. The summed E-state index contributed by atoms with van der Waals surface area (Å²) in [6.07, 6.45) is 0.0265. The second-order valence-electron chi connectivity index (χ2n) is 2.94. The summed E-state index contributed by atoms with van der Waals surface area (Å²) >= 11 is 8.67. The number of halogens is 3. The van der Waals surface area contributed by atoms with E-state index in [9.17, 15) is 9.18 Å². The van der Waals surface area contributed by atoms with E-state index in [1.165, 1.54) is 13.2 Å². The highest BCUT2D eigenvalue weighted by atomic mass is 79.9. The molecule has 82 valence electrons. The Morgan fingerprint density at radius 2 is 2.27 bits per heavy atom. The van der Waals surface area contributed by atoms with Crippen molar-refractivity contribution in [1.29, 1.82) is 0 Å². The number of carbonyl (C=O) groups is 1. The fourth-order valence-corrected chi connectivity index (χ4v) is 1.67. The van der Waals surface area contributed by atoms with E-state index in [1.54, 1.807) is 6.07 Å². The third-order valence-electron chi connectivity index (χ3n) is 1.88. The Bertz CT molecular complexity index is 382. The van der Waals surface area contributed by atoms with Crippen LogP contribution in [0.4, 0.5) is 4.39 Å². The lowest BCUT2D eigenvalue weighted by atomic mass is 10.1. The lowest BCUT2D eigenvalue weighted by molar-refractivity contribution is -0.139. The SMILES string of the molecule is COC(=O)Cc1cc(CCl)cc(F)c1Br. The number of methoxy groups -OCH3 is 1. The van der Waals surface area contributed by atoms with Crippen molar-refractivity contribution in [2.75, 3.05) is 7.11 Å². The first-order chi connectivity index (χ1) is 7.08. The molecule has 0 saturated heterocycles. The minimum atomic E-state index is -0.424. The van der Waals surface area contributed by atoms with Crippen LogP contribution in [0.25, 0.3) is 0 Å². The first kappa shape index (κ1) is 12.5. The van der Waals surface area contributed by atoms with Gasteiger partial charge in [-0.15, -0.1) is 11.6 Å². The van der Waals surface area contributed by atoms with Gasteiger partial charge in [-0.05, 0) is 33.1 Å². The van der Waals surface area contributed by atoms with Crippen molar-refractivity contribution >= 4 is 33.5 Å². The molecule has 0 saturated carbocycles. The van der Waals surface area contributed by atoms with Crippen LogP contribution in [0.1, 0.15) is 11.1 Å². The largest absolute Gasteiger partial charge is 0.469 e. The second-order valence-corrected chi connectivity index (χ2v) is 4.00. The van der Waals surface area contributed by atoms with Gasteiger partial charge in [-0.3, -0.25) is 4.79 Å². The summed E-state index contributed by atoms with van der Waals surface area (Å²) in [5.74, 6) is -0.632. The van der Waals surface area contributed by atoms with Crippen molar-refractivity contribution in [3.05, 3.63) is 33.5 Å². The minimum Gasteiger partial charge on any atom is -0.469 e. The van der Waals surface area contributed by atoms with Crippen molar-refractivity contribution in [3.63, 3.8) is 0 Å². The summed E-state index contributed by atoms with van der Waals surface area (Å²) in [6, 6.07) is 3.01. The molecule has 0 heterocycles. The van der Waals surface area contributed by atoms with Gasteiger partial charge in [0.1, 0.15) is 5.82 Å². The average Bonchev–Trinajstić information content (AvgIpc) is 2.24. The van der Waals surface area contributed by atoms with Crippen LogP contribution in [0.15, 0.2) is 16.6 Å². The molecule has 5 heteroatoms. The van der Waals surface area contributed by atoms with E-state index in [-0.39, 0.29) is 16.8 Å². The maximum Gasteiger partial charge on any atom is 0.310 e. The summed E-state index contributed by atoms with van der Waals surface area (Å²) in [4.78, 5) is 11.0. The van der Waals surface area contributed by atoms with Crippen LogP contribution in [0, 0.1) is 5.82 Å². The fourth-order valence-electron chi connectivity index (χ4n) is 1.14. The van der Waals surface area contributed by atoms with E-state index in [2.05, 4.69) is 20.7 Å². The lowest BCUT2D eigenvalue weighted by Gasteiger charge is -2.06. The molecule has 1 rings (SSSR count).